The summed E-state index contributed by atoms with van der Waals surface area (Å²) in [6.07, 6.45) is 2.60. The zero-order chi connectivity index (χ0) is 17.2. The van der Waals surface area contributed by atoms with Crippen LogP contribution in [0.5, 0.6) is 5.75 Å². The van der Waals surface area contributed by atoms with Crippen LogP contribution in [0.2, 0.25) is 0 Å². The highest BCUT2D eigenvalue weighted by Gasteiger charge is 2.37. The summed E-state index contributed by atoms with van der Waals surface area (Å²) in [5.41, 5.74) is 1.94. The van der Waals surface area contributed by atoms with E-state index in [1.165, 1.54) is 18.4 Å². The van der Waals surface area contributed by atoms with Crippen molar-refractivity contribution in [3.63, 3.8) is 0 Å². The van der Waals surface area contributed by atoms with Gasteiger partial charge in [0.25, 0.3) is 5.91 Å². The second-order valence-corrected chi connectivity index (χ2v) is 6.88. The number of piperazine rings is 1. The van der Waals surface area contributed by atoms with Crippen molar-refractivity contribution < 1.29 is 9.53 Å². The third-order valence-electron chi connectivity index (χ3n) is 5.26. The van der Waals surface area contributed by atoms with E-state index in [1.54, 1.807) is 7.11 Å². The minimum Gasteiger partial charge on any atom is -0.497 e. The number of hydrogen-bond donors (Lipinski definition) is 0. The number of hydrogen-bond acceptors (Lipinski definition) is 3. The molecule has 4 nitrogen and oxygen atoms in total. The lowest BCUT2D eigenvalue weighted by Gasteiger charge is -2.42. The maximum atomic E-state index is 13.1. The Labute approximate surface area is 149 Å². The fraction of sp³-hybridized carbons (Fsp3) is 0.381. The topological polar surface area (TPSA) is 32.8 Å². The molecule has 4 rings (SSSR count). The van der Waals surface area contributed by atoms with Gasteiger partial charge in [-0.25, -0.2) is 0 Å². The summed E-state index contributed by atoms with van der Waals surface area (Å²) in [6.45, 7) is 2.67. The van der Waals surface area contributed by atoms with Crippen LogP contribution in [0.3, 0.4) is 0 Å². The lowest BCUT2D eigenvalue weighted by atomic mass is 10.0. The molecule has 0 radical (unpaired) electrons. The van der Waals surface area contributed by atoms with E-state index in [4.69, 9.17) is 4.74 Å². The largest absolute Gasteiger partial charge is 0.497 e. The van der Waals surface area contributed by atoms with Gasteiger partial charge in [-0.1, -0.05) is 30.3 Å². The summed E-state index contributed by atoms with van der Waals surface area (Å²) < 4.78 is 5.20. The molecule has 0 spiro atoms. The lowest BCUT2D eigenvalue weighted by Crippen LogP contribution is -2.51. The van der Waals surface area contributed by atoms with E-state index in [1.807, 2.05) is 35.2 Å². The Hall–Kier alpha value is -2.33. The van der Waals surface area contributed by atoms with Crippen LogP contribution in [0.1, 0.15) is 34.8 Å². The first kappa shape index (κ1) is 16.2. The Morgan fingerprint density at radius 3 is 2.36 bits per heavy atom. The van der Waals surface area contributed by atoms with Gasteiger partial charge in [-0.15, -0.1) is 0 Å². The van der Waals surface area contributed by atoms with E-state index >= 15 is 0 Å². The molecule has 1 atom stereocenters. The van der Waals surface area contributed by atoms with E-state index in [-0.39, 0.29) is 11.9 Å². The number of amides is 1. The molecule has 1 aliphatic carbocycles. The Balaban J connectivity index is 1.59. The van der Waals surface area contributed by atoms with Crippen molar-refractivity contribution in [3.05, 3.63) is 65.7 Å². The van der Waals surface area contributed by atoms with Gasteiger partial charge in [-0.3, -0.25) is 9.69 Å². The lowest BCUT2D eigenvalue weighted by molar-refractivity contribution is 0.0433. The summed E-state index contributed by atoms with van der Waals surface area (Å²) in [7, 11) is 1.64. The summed E-state index contributed by atoms with van der Waals surface area (Å²) >= 11 is 0. The van der Waals surface area contributed by atoms with Crippen molar-refractivity contribution in [2.75, 3.05) is 26.7 Å². The van der Waals surface area contributed by atoms with E-state index in [2.05, 4.69) is 29.2 Å². The quantitative estimate of drug-likeness (QED) is 0.858. The van der Waals surface area contributed by atoms with E-state index in [9.17, 15) is 4.79 Å². The molecule has 1 saturated carbocycles. The molecule has 4 heteroatoms. The monoisotopic (exact) mass is 336 g/mol. The highest BCUT2D eigenvalue weighted by Crippen LogP contribution is 2.34. The molecule has 130 valence electrons. The SMILES string of the molecule is COc1ccc(C(=O)N2CCN(C3CC3)CC2c2ccccc2)cc1. The first-order valence-corrected chi connectivity index (χ1v) is 9.00. The summed E-state index contributed by atoms with van der Waals surface area (Å²) in [6, 6.07) is 18.7. The molecular formula is C21H24N2O2. The van der Waals surface area contributed by atoms with Gasteiger partial charge in [0.2, 0.25) is 0 Å². The van der Waals surface area contributed by atoms with E-state index in [0.717, 1.165) is 37.0 Å². The molecule has 0 aromatic heterocycles. The third-order valence-corrected chi connectivity index (χ3v) is 5.26. The van der Waals surface area contributed by atoms with Crippen LogP contribution < -0.4 is 4.74 Å². The molecule has 1 unspecified atom stereocenters. The maximum Gasteiger partial charge on any atom is 0.254 e. The molecule has 2 fully saturated rings. The van der Waals surface area contributed by atoms with Crippen LogP contribution >= 0.6 is 0 Å². The van der Waals surface area contributed by atoms with Crippen LogP contribution in [0, 0.1) is 0 Å². The molecule has 0 bridgehead atoms. The van der Waals surface area contributed by atoms with Gasteiger partial charge < -0.3 is 9.64 Å². The molecular weight excluding hydrogens is 312 g/mol. The normalized spacial score (nSPS) is 21.2. The molecule has 1 heterocycles. The van der Waals surface area contributed by atoms with Gasteiger partial charge in [0.1, 0.15) is 5.75 Å². The zero-order valence-electron chi connectivity index (χ0n) is 14.6. The Kier molecular flexibility index (Phi) is 4.45. The number of ether oxygens (including phenoxy) is 1. The maximum absolute atomic E-state index is 13.1. The summed E-state index contributed by atoms with van der Waals surface area (Å²) in [5.74, 6) is 0.877. The number of carbonyl (C=O) groups excluding carboxylic acids is 1. The number of methoxy groups -OCH3 is 1. The van der Waals surface area contributed by atoms with Crippen LogP contribution in [0.15, 0.2) is 54.6 Å². The molecule has 1 amide bonds. The summed E-state index contributed by atoms with van der Waals surface area (Å²) in [4.78, 5) is 17.7. The molecule has 2 aromatic carbocycles. The van der Waals surface area contributed by atoms with Crippen LogP contribution in [-0.4, -0.2) is 48.5 Å². The number of rotatable bonds is 4. The van der Waals surface area contributed by atoms with Gasteiger partial charge in [0.15, 0.2) is 0 Å². The highest BCUT2D eigenvalue weighted by molar-refractivity contribution is 5.94. The van der Waals surface area contributed by atoms with Crippen molar-refractivity contribution in [2.45, 2.75) is 24.9 Å². The highest BCUT2D eigenvalue weighted by atomic mass is 16.5. The molecule has 25 heavy (non-hydrogen) atoms. The van der Waals surface area contributed by atoms with Crippen molar-refractivity contribution in [3.8, 4) is 5.75 Å². The Morgan fingerprint density at radius 2 is 1.72 bits per heavy atom. The molecule has 1 aliphatic heterocycles. The fourth-order valence-corrected chi connectivity index (χ4v) is 3.68. The standard InChI is InChI=1S/C21H24N2O2/c1-25-19-11-7-17(8-12-19)21(24)23-14-13-22(18-9-10-18)15-20(23)16-5-3-2-4-6-16/h2-8,11-12,18,20H,9-10,13-15H2,1H3. The average molecular weight is 336 g/mol. The summed E-state index contributed by atoms with van der Waals surface area (Å²) in [5, 5.41) is 0. The minimum absolute atomic E-state index is 0.104. The third kappa shape index (κ3) is 3.40. The number of benzene rings is 2. The van der Waals surface area contributed by atoms with Crippen molar-refractivity contribution in [2.24, 2.45) is 0 Å². The second-order valence-electron chi connectivity index (χ2n) is 6.88. The molecule has 2 aliphatic rings. The van der Waals surface area contributed by atoms with Crippen LogP contribution in [0.25, 0.3) is 0 Å². The average Bonchev–Trinajstić information content (AvgIpc) is 3.53. The van der Waals surface area contributed by atoms with Gasteiger partial charge >= 0.3 is 0 Å². The van der Waals surface area contributed by atoms with Crippen molar-refractivity contribution >= 4 is 5.91 Å². The van der Waals surface area contributed by atoms with Gasteiger partial charge in [-0.05, 0) is 42.7 Å². The Morgan fingerprint density at radius 1 is 1.00 bits per heavy atom. The van der Waals surface area contributed by atoms with E-state index < -0.39 is 0 Å². The number of nitrogens with zero attached hydrogens (tertiary/aromatic N) is 2. The van der Waals surface area contributed by atoms with Crippen molar-refractivity contribution in [1.29, 1.82) is 0 Å². The number of carbonyl (C=O) groups is 1. The minimum atomic E-state index is 0.104. The molecule has 1 saturated heterocycles. The van der Waals surface area contributed by atoms with Crippen LogP contribution in [0.4, 0.5) is 0 Å². The second kappa shape index (κ2) is 6.89. The molecule has 2 aromatic rings. The fourth-order valence-electron chi connectivity index (χ4n) is 3.68. The van der Waals surface area contributed by atoms with Crippen molar-refractivity contribution in [1.82, 2.24) is 9.80 Å². The predicted molar refractivity (Wildman–Crippen MR) is 97.8 cm³/mol. The first-order chi connectivity index (χ1) is 12.3. The first-order valence-electron chi connectivity index (χ1n) is 9.00. The van der Waals surface area contributed by atoms with E-state index in [0.29, 0.717) is 0 Å². The van der Waals surface area contributed by atoms with Crippen LogP contribution in [-0.2, 0) is 0 Å². The van der Waals surface area contributed by atoms with Gasteiger partial charge in [0, 0.05) is 31.2 Å². The smallest absolute Gasteiger partial charge is 0.254 e. The predicted octanol–water partition coefficient (Wildman–Crippen LogP) is 3.36. The molecule has 0 N–H and O–H groups in total. The van der Waals surface area contributed by atoms with Gasteiger partial charge in [-0.2, -0.15) is 0 Å². The zero-order valence-corrected chi connectivity index (χ0v) is 14.6. The Bertz CT molecular complexity index is 725. The van der Waals surface area contributed by atoms with Gasteiger partial charge in [0.05, 0.1) is 13.2 Å².